The highest BCUT2D eigenvalue weighted by Gasteiger charge is 2.11. The average molecular weight is 289 g/mol. The molecular weight excluding hydrogens is 270 g/mol. The van der Waals surface area contributed by atoms with Gasteiger partial charge in [0.15, 0.2) is 5.16 Å². The number of hydrogen-bond acceptors (Lipinski definition) is 4. The molecule has 0 spiro atoms. The van der Waals surface area contributed by atoms with Crippen molar-refractivity contribution in [3.05, 3.63) is 58.0 Å². The quantitative estimate of drug-likeness (QED) is 0.634. The van der Waals surface area contributed by atoms with Crippen LogP contribution >= 0.6 is 11.8 Å². The molecule has 2 rings (SSSR count). The molecule has 0 fully saturated rings. The minimum Gasteiger partial charge on any atom is -0.309 e. The molecule has 0 aliphatic heterocycles. The van der Waals surface area contributed by atoms with E-state index in [0.29, 0.717) is 5.16 Å². The Kier molecular flexibility index (Phi) is 5.38. The Morgan fingerprint density at radius 1 is 1.30 bits per heavy atom. The number of benzene rings is 1. The number of H-pyrrole nitrogens is 1. The van der Waals surface area contributed by atoms with Crippen molar-refractivity contribution in [3.8, 4) is 0 Å². The first-order valence-electron chi connectivity index (χ1n) is 6.67. The van der Waals surface area contributed by atoms with Crippen molar-refractivity contribution in [1.82, 2.24) is 15.3 Å². The summed E-state index contributed by atoms with van der Waals surface area (Å²) in [5.41, 5.74) is 2.40. The highest BCUT2D eigenvalue weighted by molar-refractivity contribution is 7.99. The first-order valence-corrected chi connectivity index (χ1v) is 7.65. The molecule has 1 atom stereocenters. The molecule has 5 heteroatoms. The summed E-state index contributed by atoms with van der Waals surface area (Å²) in [7, 11) is 0. The van der Waals surface area contributed by atoms with Crippen LogP contribution in [0.25, 0.3) is 0 Å². The standard InChI is InChI=1S/C15H19N3OS/c1-3-16-13(12-6-4-11(2)5-7-12)10-20-15-17-9-8-14(19)18-15/h4-9,13,16H,3,10H2,1-2H3,(H,17,18,19). The lowest BCUT2D eigenvalue weighted by Gasteiger charge is -2.17. The van der Waals surface area contributed by atoms with Gasteiger partial charge >= 0.3 is 0 Å². The number of rotatable bonds is 6. The van der Waals surface area contributed by atoms with Crippen LogP contribution in [0.1, 0.15) is 24.1 Å². The fourth-order valence-corrected chi connectivity index (χ4v) is 2.85. The lowest BCUT2D eigenvalue weighted by atomic mass is 10.1. The summed E-state index contributed by atoms with van der Waals surface area (Å²) in [5, 5.41) is 4.12. The van der Waals surface area contributed by atoms with Crippen LogP contribution < -0.4 is 10.9 Å². The van der Waals surface area contributed by atoms with Crippen molar-refractivity contribution >= 4 is 11.8 Å². The fraction of sp³-hybridized carbons (Fsp3) is 0.333. The van der Waals surface area contributed by atoms with E-state index in [4.69, 9.17) is 0 Å². The number of nitrogens with one attached hydrogen (secondary N) is 2. The zero-order chi connectivity index (χ0) is 14.4. The average Bonchev–Trinajstić information content (AvgIpc) is 2.44. The molecule has 4 nitrogen and oxygen atoms in total. The maximum atomic E-state index is 11.2. The number of aromatic amines is 1. The third kappa shape index (κ3) is 4.21. The van der Waals surface area contributed by atoms with Crippen molar-refractivity contribution in [2.75, 3.05) is 12.3 Å². The molecule has 2 aromatic rings. The zero-order valence-corrected chi connectivity index (χ0v) is 12.5. The topological polar surface area (TPSA) is 57.8 Å². The van der Waals surface area contributed by atoms with Crippen LogP contribution in [0.5, 0.6) is 0 Å². The van der Waals surface area contributed by atoms with Gasteiger partial charge in [-0.2, -0.15) is 0 Å². The zero-order valence-electron chi connectivity index (χ0n) is 11.7. The maximum absolute atomic E-state index is 11.2. The van der Waals surface area contributed by atoms with Gasteiger partial charge in [-0.25, -0.2) is 4.98 Å². The van der Waals surface area contributed by atoms with Crippen molar-refractivity contribution in [2.24, 2.45) is 0 Å². The minimum atomic E-state index is -0.113. The molecule has 20 heavy (non-hydrogen) atoms. The van der Waals surface area contributed by atoms with Crippen LogP contribution in [0, 0.1) is 6.92 Å². The Balaban J connectivity index is 2.06. The number of hydrogen-bond donors (Lipinski definition) is 2. The molecule has 0 aliphatic rings. The summed E-state index contributed by atoms with van der Waals surface area (Å²) < 4.78 is 0. The second-order valence-corrected chi connectivity index (χ2v) is 5.58. The van der Waals surface area contributed by atoms with Gasteiger partial charge < -0.3 is 10.3 Å². The Hall–Kier alpha value is -1.59. The first kappa shape index (κ1) is 14.8. The molecule has 0 amide bonds. The molecule has 1 aromatic heterocycles. The van der Waals surface area contributed by atoms with Crippen LogP contribution in [0.4, 0.5) is 0 Å². The molecule has 0 bridgehead atoms. The van der Waals surface area contributed by atoms with E-state index in [2.05, 4.69) is 53.4 Å². The van der Waals surface area contributed by atoms with E-state index in [1.807, 2.05) is 0 Å². The molecular formula is C15H19N3OS. The SMILES string of the molecule is CCNC(CSc1nccc(=O)[nH]1)c1ccc(C)cc1. The van der Waals surface area contributed by atoms with Gasteiger partial charge in [-0.1, -0.05) is 48.5 Å². The monoisotopic (exact) mass is 289 g/mol. The maximum Gasteiger partial charge on any atom is 0.251 e. The molecule has 2 N–H and O–H groups in total. The largest absolute Gasteiger partial charge is 0.309 e. The molecule has 1 aromatic carbocycles. The lowest BCUT2D eigenvalue weighted by molar-refractivity contribution is 0.605. The van der Waals surface area contributed by atoms with Crippen LogP contribution in [0.15, 0.2) is 46.5 Å². The van der Waals surface area contributed by atoms with Gasteiger partial charge in [-0.3, -0.25) is 4.79 Å². The van der Waals surface area contributed by atoms with Gasteiger partial charge in [0.25, 0.3) is 5.56 Å². The van der Waals surface area contributed by atoms with E-state index in [-0.39, 0.29) is 11.6 Å². The van der Waals surface area contributed by atoms with Crippen LogP contribution in [0.2, 0.25) is 0 Å². The van der Waals surface area contributed by atoms with Crippen LogP contribution in [-0.4, -0.2) is 22.3 Å². The summed E-state index contributed by atoms with van der Waals surface area (Å²) in [6.07, 6.45) is 1.54. The molecule has 1 unspecified atom stereocenters. The second kappa shape index (κ2) is 7.26. The highest BCUT2D eigenvalue weighted by atomic mass is 32.2. The summed E-state index contributed by atoms with van der Waals surface area (Å²) >= 11 is 1.55. The highest BCUT2D eigenvalue weighted by Crippen LogP contribution is 2.22. The van der Waals surface area contributed by atoms with Crippen LogP contribution in [0.3, 0.4) is 0 Å². The summed E-state index contributed by atoms with van der Waals surface area (Å²) in [6, 6.07) is 10.2. The Labute approximate surface area is 123 Å². The van der Waals surface area contributed by atoms with E-state index < -0.39 is 0 Å². The minimum absolute atomic E-state index is 0.113. The van der Waals surface area contributed by atoms with Crippen molar-refractivity contribution < 1.29 is 0 Å². The molecule has 0 saturated heterocycles. The van der Waals surface area contributed by atoms with E-state index in [9.17, 15) is 4.79 Å². The van der Waals surface area contributed by atoms with E-state index in [1.54, 1.807) is 11.8 Å². The molecule has 0 saturated carbocycles. The number of nitrogens with zero attached hydrogens (tertiary/aromatic N) is 1. The number of aryl methyl sites for hydroxylation is 1. The molecule has 106 valence electrons. The van der Waals surface area contributed by atoms with Gasteiger partial charge in [-0.15, -0.1) is 0 Å². The fourth-order valence-electron chi connectivity index (χ4n) is 1.91. The Morgan fingerprint density at radius 2 is 2.05 bits per heavy atom. The second-order valence-electron chi connectivity index (χ2n) is 4.57. The Morgan fingerprint density at radius 3 is 2.70 bits per heavy atom. The van der Waals surface area contributed by atoms with Gasteiger partial charge in [0, 0.05) is 24.1 Å². The lowest BCUT2D eigenvalue weighted by Crippen LogP contribution is -2.23. The summed E-state index contributed by atoms with van der Waals surface area (Å²) in [4.78, 5) is 18.1. The number of aromatic nitrogens is 2. The predicted octanol–water partition coefficient (Wildman–Crippen LogP) is 2.52. The smallest absolute Gasteiger partial charge is 0.251 e. The summed E-state index contributed by atoms with van der Waals surface area (Å²) in [6.45, 7) is 5.08. The predicted molar refractivity (Wildman–Crippen MR) is 83.2 cm³/mol. The van der Waals surface area contributed by atoms with E-state index >= 15 is 0 Å². The molecule has 0 aliphatic carbocycles. The van der Waals surface area contributed by atoms with E-state index in [1.165, 1.54) is 23.4 Å². The van der Waals surface area contributed by atoms with Gasteiger partial charge in [0.1, 0.15) is 0 Å². The van der Waals surface area contributed by atoms with Crippen molar-refractivity contribution in [2.45, 2.75) is 25.0 Å². The third-order valence-electron chi connectivity index (χ3n) is 2.96. The van der Waals surface area contributed by atoms with Crippen molar-refractivity contribution in [3.63, 3.8) is 0 Å². The summed E-state index contributed by atoms with van der Waals surface area (Å²) in [5.74, 6) is 0.823. The first-order chi connectivity index (χ1) is 9.69. The molecule has 0 radical (unpaired) electrons. The van der Waals surface area contributed by atoms with Gasteiger partial charge in [0.05, 0.1) is 0 Å². The van der Waals surface area contributed by atoms with Crippen LogP contribution in [-0.2, 0) is 0 Å². The normalized spacial score (nSPS) is 12.3. The molecule has 1 heterocycles. The third-order valence-corrected chi connectivity index (χ3v) is 3.95. The van der Waals surface area contributed by atoms with Gasteiger partial charge in [-0.05, 0) is 19.0 Å². The van der Waals surface area contributed by atoms with Gasteiger partial charge in [0.2, 0.25) is 0 Å². The van der Waals surface area contributed by atoms with Crippen molar-refractivity contribution in [1.29, 1.82) is 0 Å². The number of thioether (sulfide) groups is 1. The van der Waals surface area contributed by atoms with E-state index in [0.717, 1.165) is 12.3 Å². The Bertz CT molecular complexity index is 595.